The minimum atomic E-state index is 0.125. The van der Waals surface area contributed by atoms with E-state index < -0.39 is 0 Å². The second kappa shape index (κ2) is 5.37. The largest absolute Gasteiger partial charge is 0.467 e. The van der Waals surface area contributed by atoms with Gasteiger partial charge in [0.2, 0.25) is 0 Å². The van der Waals surface area contributed by atoms with E-state index in [9.17, 15) is 4.79 Å². The summed E-state index contributed by atoms with van der Waals surface area (Å²) in [5.41, 5.74) is 6.19. The van der Waals surface area contributed by atoms with Crippen LogP contribution >= 0.6 is 0 Å². The van der Waals surface area contributed by atoms with Crippen molar-refractivity contribution in [2.24, 2.45) is 11.7 Å². The van der Waals surface area contributed by atoms with Gasteiger partial charge in [0.05, 0.1) is 12.1 Å². The Bertz CT molecular complexity index is 453. The number of hydrogen-bond acceptors (Lipinski definition) is 3. The van der Waals surface area contributed by atoms with Crippen LogP contribution < -0.4 is 5.73 Å². The number of hydrogen-bond donors (Lipinski definition) is 1. The number of rotatable bonds is 2. The number of fused-ring (bicyclic) bond motifs is 1. The van der Waals surface area contributed by atoms with Gasteiger partial charge in [-0.25, -0.2) is 0 Å². The first-order chi connectivity index (χ1) is 9.29. The lowest BCUT2D eigenvalue weighted by Crippen LogP contribution is -2.49. The quantitative estimate of drug-likeness (QED) is 0.891. The Labute approximate surface area is 113 Å². The van der Waals surface area contributed by atoms with Crippen molar-refractivity contribution >= 4 is 5.91 Å². The number of amides is 1. The molecule has 2 N–H and O–H groups in total. The Morgan fingerprint density at radius 1 is 1.32 bits per heavy atom. The molecular formula is C15H22N2O2. The number of carbonyl (C=O) groups excluding carboxylic acids is 1. The Morgan fingerprint density at radius 2 is 2.11 bits per heavy atom. The maximum atomic E-state index is 12.6. The van der Waals surface area contributed by atoms with Crippen molar-refractivity contribution in [3.8, 4) is 0 Å². The highest BCUT2D eigenvalue weighted by Gasteiger charge is 2.36. The van der Waals surface area contributed by atoms with Crippen LogP contribution in [-0.2, 0) is 6.54 Å². The van der Waals surface area contributed by atoms with Gasteiger partial charge in [-0.1, -0.05) is 12.8 Å². The number of nitrogens with zero attached hydrogens (tertiary/aromatic N) is 1. The lowest BCUT2D eigenvalue weighted by Gasteiger charge is -2.44. The first kappa shape index (κ1) is 12.7. The van der Waals surface area contributed by atoms with Gasteiger partial charge in [-0.15, -0.1) is 0 Å². The zero-order valence-electron chi connectivity index (χ0n) is 11.3. The molecule has 1 saturated heterocycles. The van der Waals surface area contributed by atoms with Crippen molar-refractivity contribution in [3.05, 3.63) is 23.7 Å². The van der Waals surface area contributed by atoms with Crippen molar-refractivity contribution in [3.63, 3.8) is 0 Å². The molecule has 4 heteroatoms. The van der Waals surface area contributed by atoms with Crippen LogP contribution in [0.2, 0.25) is 0 Å². The number of furan rings is 1. The van der Waals surface area contributed by atoms with Gasteiger partial charge in [-0.05, 0) is 37.7 Å². The molecular weight excluding hydrogens is 240 g/mol. The molecule has 2 unspecified atom stereocenters. The monoisotopic (exact) mass is 262 g/mol. The third kappa shape index (κ3) is 2.41. The van der Waals surface area contributed by atoms with Crippen LogP contribution in [0.25, 0.3) is 0 Å². The standard InChI is InChI=1S/C15H22N2O2/c16-9-13-8-12(10-19-13)15(18)17-7-3-5-11-4-1-2-6-14(11)17/h8,10-11,14H,1-7,9,16H2. The molecule has 0 bridgehead atoms. The second-order valence-electron chi connectivity index (χ2n) is 5.76. The minimum Gasteiger partial charge on any atom is -0.467 e. The van der Waals surface area contributed by atoms with Gasteiger partial charge < -0.3 is 15.1 Å². The third-order valence-corrected chi connectivity index (χ3v) is 4.61. The molecule has 0 spiro atoms. The Morgan fingerprint density at radius 3 is 2.89 bits per heavy atom. The summed E-state index contributed by atoms with van der Waals surface area (Å²) >= 11 is 0. The van der Waals surface area contributed by atoms with E-state index in [1.807, 2.05) is 0 Å². The first-order valence-electron chi connectivity index (χ1n) is 7.38. The molecule has 1 aliphatic heterocycles. The molecule has 2 aliphatic rings. The summed E-state index contributed by atoms with van der Waals surface area (Å²) in [6, 6.07) is 2.24. The van der Waals surface area contributed by atoms with Gasteiger partial charge in [0.1, 0.15) is 12.0 Å². The summed E-state index contributed by atoms with van der Waals surface area (Å²) in [6.45, 7) is 1.24. The van der Waals surface area contributed by atoms with E-state index in [0.29, 0.717) is 29.8 Å². The van der Waals surface area contributed by atoms with Gasteiger partial charge in [-0.2, -0.15) is 0 Å². The smallest absolute Gasteiger partial charge is 0.257 e. The zero-order valence-corrected chi connectivity index (χ0v) is 11.3. The van der Waals surface area contributed by atoms with E-state index >= 15 is 0 Å². The summed E-state index contributed by atoms with van der Waals surface area (Å²) < 4.78 is 5.29. The predicted octanol–water partition coefficient (Wildman–Crippen LogP) is 2.53. The van der Waals surface area contributed by atoms with Crippen LogP contribution in [0.5, 0.6) is 0 Å². The SMILES string of the molecule is NCc1cc(C(=O)N2CCCC3CCCCC32)co1. The van der Waals surface area contributed by atoms with Crippen LogP contribution in [0.4, 0.5) is 0 Å². The summed E-state index contributed by atoms with van der Waals surface area (Å²) in [7, 11) is 0. The lowest BCUT2D eigenvalue weighted by atomic mass is 9.78. The van der Waals surface area contributed by atoms with E-state index in [0.717, 1.165) is 19.4 Å². The molecule has 2 heterocycles. The molecule has 1 aliphatic carbocycles. The molecule has 0 radical (unpaired) electrons. The average Bonchev–Trinajstić information content (AvgIpc) is 2.95. The Balaban J connectivity index is 1.77. The average molecular weight is 262 g/mol. The molecule has 1 aromatic rings. The maximum absolute atomic E-state index is 12.6. The van der Waals surface area contributed by atoms with Gasteiger partial charge in [0.25, 0.3) is 5.91 Å². The van der Waals surface area contributed by atoms with Crippen LogP contribution in [0.15, 0.2) is 16.7 Å². The molecule has 1 amide bonds. The van der Waals surface area contributed by atoms with Gasteiger partial charge >= 0.3 is 0 Å². The Kier molecular flexibility index (Phi) is 3.60. The fraction of sp³-hybridized carbons (Fsp3) is 0.667. The summed E-state index contributed by atoms with van der Waals surface area (Å²) in [6.07, 6.45) is 9.00. The fourth-order valence-electron chi connectivity index (χ4n) is 3.64. The van der Waals surface area contributed by atoms with Crippen molar-refractivity contribution in [1.29, 1.82) is 0 Å². The van der Waals surface area contributed by atoms with Crippen molar-refractivity contribution < 1.29 is 9.21 Å². The molecule has 19 heavy (non-hydrogen) atoms. The first-order valence-corrected chi connectivity index (χ1v) is 7.38. The van der Waals surface area contributed by atoms with Crippen LogP contribution in [0, 0.1) is 5.92 Å². The van der Waals surface area contributed by atoms with Crippen molar-refractivity contribution in [2.75, 3.05) is 6.54 Å². The summed E-state index contributed by atoms with van der Waals surface area (Å²) in [5, 5.41) is 0. The highest BCUT2D eigenvalue weighted by atomic mass is 16.3. The lowest BCUT2D eigenvalue weighted by molar-refractivity contribution is 0.0390. The topological polar surface area (TPSA) is 59.5 Å². The highest BCUT2D eigenvalue weighted by molar-refractivity contribution is 5.94. The van der Waals surface area contributed by atoms with E-state index in [1.165, 1.54) is 25.7 Å². The van der Waals surface area contributed by atoms with E-state index in [-0.39, 0.29) is 5.91 Å². The molecule has 2 fully saturated rings. The maximum Gasteiger partial charge on any atom is 0.257 e. The Hall–Kier alpha value is -1.29. The van der Waals surface area contributed by atoms with Crippen LogP contribution in [-0.4, -0.2) is 23.4 Å². The fourth-order valence-corrected chi connectivity index (χ4v) is 3.64. The van der Waals surface area contributed by atoms with Gasteiger partial charge in [-0.3, -0.25) is 4.79 Å². The number of nitrogens with two attached hydrogens (primary N) is 1. The van der Waals surface area contributed by atoms with E-state index in [1.54, 1.807) is 12.3 Å². The molecule has 2 atom stereocenters. The molecule has 1 aromatic heterocycles. The minimum absolute atomic E-state index is 0.125. The zero-order chi connectivity index (χ0) is 13.2. The van der Waals surface area contributed by atoms with Crippen molar-refractivity contribution in [1.82, 2.24) is 4.90 Å². The van der Waals surface area contributed by atoms with Gasteiger partial charge in [0, 0.05) is 12.6 Å². The van der Waals surface area contributed by atoms with Crippen LogP contribution in [0.3, 0.4) is 0 Å². The molecule has 1 saturated carbocycles. The number of likely N-dealkylation sites (tertiary alicyclic amines) is 1. The molecule has 0 aromatic carbocycles. The van der Waals surface area contributed by atoms with Gasteiger partial charge in [0.15, 0.2) is 0 Å². The van der Waals surface area contributed by atoms with E-state index in [2.05, 4.69) is 4.90 Å². The third-order valence-electron chi connectivity index (χ3n) is 4.61. The predicted molar refractivity (Wildman–Crippen MR) is 72.6 cm³/mol. The number of piperidine rings is 1. The normalized spacial score (nSPS) is 27.1. The summed E-state index contributed by atoms with van der Waals surface area (Å²) in [5.74, 6) is 1.52. The molecule has 3 rings (SSSR count). The highest BCUT2D eigenvalue weighted by Crippen LogP contribution is 2.36. The van der Waals surface area contributed by atoms with Crippen molar-refractivity contribution in [2.45, 2.75) is 51.1 Å². The number of carbonyl (C=O) groups is 1. The van der Waals surface area contributed by atoms with E-state index in [4.69, 9.17) is 10.2 Å². The summed E-state index contributed by atoms with van der Waals surface area (Å²) in [4.78, 5) is 14.7. The van der Waals surface area contributed by atoms with Crippen LogP contribution in [0.1, 0.15) is 54.6 Å². The second-order valence-corrected chi connectivity index (χ2v) is 5.76. The molecule has 104 valence electrons. The molecule has 4 nitrogen and oxygen atoms in total.